The molecule has 110 valence electrons. The van der Waals surface area contributed by atoms with Crippen LogP contribution in [0, 0.1) is 0 Å². The Hall–Kier alpha value is -1.70. The number of carbonyl (C=O) groups is 1. The van der Waals surface area contributed by atoms with E-state index in [4.69, 9.17) is 21.7 Å². The lowest BCUT2D eigenvalue weighted by Gasteiger charge is -2.09. The number of rotatable bonds is 8. The van der Waals surface area contributed by atoms with Gasteiger partial charge in [-0.2, -0.15) is 0 Å². The summed E-state index contributed by atoms with van der Waals surface area (Å²) in [5, 5.41) is 0. The van der Waals surface area contributed by atoms with Crippen molar-refractivity contribution in [3.63, 3.8) is 0 Å². The van der Waals surface area contributed by atoms with Gasteiger partial charge in [-0.25, -0.2) is 13.8 Å². The zero-order valence-corrected chi connectivity index (χ0v) is 11.7. The molecule has 0 fully saturated rings. The van der Waals surface area contributed by atoms with Gasteiger partial charge in [-0.05, 0) is 6.92 Å². The highest BCUT2D eigenvalue weighted by molar-refractivity contribution is 7.80. The van der Waals surface area contributed by atoms with Crippen LogP contribution in [0.15, 0.2) is 12.4 Å². The number of esters is 1. The Balaban J connectivity index is 2.62. The van der Waals surface area contributed by atoms with Crippen molar-refractivity contribution in [3.8, 4) is 5.88 Å². The molecular weight excluding hydrogens is 290 g/mol. The normalized spacial score (nSPS) is 10.4. The van der Waals surface area contributed by atoms with Crippen LogP contribution in [-0.2, 0) is 16.0 Å². The molecule has 5 nitrogen and oxygen atoms in total. The average molecular weight is 304 g/mol. The van der Waals surface area contributed by atoms with Crippen molar-refractivity contribution in [2.45, 2.75) is 26.2 Å². The Morgan fingerprint density at radius 2 is 2.10 bits per heavy atom. The number of hydrogen-bond donors (Lipinski definition) is 0. The first kappa shape index (κ1) is 16.4. The Labute approximate surface area is 120 Å². The molecule has 0 amide bonds. The van der Waals surface area contributed by atoms with E-state index in [1.807, 2.05) is 0 Å². The van der Waals surface area contributed by atoms with Crippen molar-refractivity contribution in [2.75, 3.05) is 13.2 Å². The van der Waals surface area contributed by atoms with Crippen molar-refractivity contribution in [1.82, 2.24) is 9.97 Å². The van der Waals surface area contributed by atoms with Crippen LogP contribution >= 0.6 is 12.2 Å². The predicted molar refractivity (Wildman–Crippen MR) is 71.1 cm³/mol. The number of alkyl halides is 2. The fourth-order valence-corrected chi connectivity index (χ4v) is 1.61. The monoisotopic (exact) mass is 304 g/mol. The van der Waals surface area contributed by atoms with Gasteiger partial charge in [0, 0.05) is 23.7 Å². The molecule has 1 heterocycles. The minimum absolute atomic E-state index is 0.000918. The molecule has 20 heavy (non-hydrogen) atoms. The third kappa shape index (κ3) is 5.96. The lowest BCUT2D eigenvalue weighted by Crippen LogP contribution is -2.14. The summed E-state index contributed by atoms with van der Waals surface area (Å²) in [5.74, 6) is -0.435. The van der Waals surface area contributed by atoms with Gasteiger partial charge in [-0.3, -0.25) is 9.78 Å². The summed E-state index contributed by atoms with van der Waals surface area (Å²) < 4.78 is 33.8. The van der Waals surface area contributed by atoms with Crippen LogP contribution in [0.1, 0.15) is 19.0 Å². The molecule has 0 spiro atoms. The molecule has 0 aliphatic carbocycles. The maximum atomic E-state index is 12.1. The number of nitrogens with zero attached hydrogens (tertiary/aromatic N) is 2. The molecule has 0 N–H and O–H groups in total. The van der Waals surface area contributed by atoms with Gasteiger partial charge in [-0.15, -0.1) is 0 Å². The van der Waals surface area contributed by atoms with Gasteiger partial charge in [0.05, 0.1) is 13.0 Å². The van der Waals surface area contributed by atoms with Crippen LogP contribution in [0.5, 0.6) is 5.88 Å². The Morgan fingerprint density at radius 1 is 1.40 bits per heavy atom. The van der Waals surface area contributed by atoms with Gasteiger partial charge >= 0.3 is 5.97 Å². The van der Waals surface area contributed by atoms with Crippen molar-refractivity contribution < 1.29 is 23.0 Å². The number of aromatic nitrogens is 2. The summed E-state index contributed by atoms with van der Waals surface area (Å²) in [7, 11) is 0. The predicted octanol–water partition coefficient (Wildman–Crippen LogP) is 1.99. The molecular formula is C12H14F2N2O3S. The van der Waals surface area contributed by atoms with Gasteiger partial charge in [0.1, 0.15) is 5.69 Å². The van der Waals surface area contributed by atoms with E-state index in [0.717, 1.165) is 0 Å². The third-order valence-electron chi connectivity index (χ3n) is 2.09. The highest BCUT2D eigenvalue weighted by atomic mass is 32.1. The molecule has 1 aromatic rings. The topological polar surface area (TPSA) is 61.3 Å². The van der Waals surface area contributed by atoms with E-state index < -0.39 is 19.0 Å². The minimum Gasteiger partial charge on any atom is -0.470 e. The van der Waals surface area contributed by atoms with Crippen LogP contribution in [0.2, 0.25) is 0 Å². The number of carbonyl (C=O) groups excluding carboxylic acids is 1. The molecule has 0 unspecified atom stereocenters. The number of thiocarbonyl (C=S) groups is 1. The van der Waals surface area contributed by atoms with Crippen molar-refractivity contribution in [3.05, 3.63) is 18.1 Å². The number of hydrogen-bond acceptors (Lipinski definition) is 6. The van der Waals surface area contributed by atoms with Gasteiger partial charge in [0.2, 0.25) is 5.88 Å². The van der Waals surface area contributed by atoms with Crippen molar-refractivity contribution >= 4 is 23.1 Å². The van der Waals surface area contributed by atoms with Crippen LogP contribution in [0.4, 0.5) is 8.78 Å². The zero-order chi connectivity index (χ0) is 15.0. The molecule has 0 radical (unpaired) electrons. The first-order chi connectivity index (χ1) is 9.52. The molecule has 0 aromatic carbocycles. The lowest BCUT2D eigenvalue weighted by atomic mass is 10.2. The highest BCUT2D eigenvalue weighted by Crippen LogP contribution is 2.14. The molecule has 0 bridgehead atoms. The van der Waals surface area contributed by atoms with Gasteiger partial charge in [0.15, 0.2) is 6.61 Å². The molecule has 0 saturated carbocycles. The molecule has 1 rings (SSSR count). The van der Waals surface area contributed by atoms with E-state index in [0.29, 0.717) is 10.6 Å². The van der Waals surface area contributed by atoms with Gasteiger partial charge < -0.3 is 9.47 Å². The van der Waals surface area contributed by atoms with Crippen LogP contribution in [0.25, 0.3) is 0 Å². The van der Waals surface area contributed by atoms with Crippen molar-refractivity contribution in [2.24, 2.45) is 0 Å². The van der Waals surface area contributed by atoms with E-state index >= 15 is 0 Å². The van der Waals surface area contributed by atoms with E-state index in [9.17, 15) is 13.6 Å². The fraction of sp³-hybridized carbons (Fsp3) is 0.500. The summed E-state index contributed by atoms with van der Waals surface area (Å²) in [5.41, 5.74) is 0.322. The van der Waals surface area contributed by atoms with E-state index in [1.54, 1.807) is 6.92 Å². The van der Waals surface area contributed by atoms with Crippen LogP contribution in [-0.4, -0.2) is 40.4 Å². The largest absolute Gasteiger partial charge is 0.470 e. The van der Waals surface area contributed by atoms with Crippen LogP contribution < -0.4 is 4.74 Å². The van der Waals surface area contributed by atoms with Crippen LogP contribution in [0.3, 0.4) is 0 Å². The molecule has 1 aromatic heterocycles. The lowest BCUT2D eigenvalue weighted by molar-refractivity contribution is -0.141. The zero-order valence-electron chi connectivity index (χ0n) is 10.8. The molecule has 0 aliphatic rings. The highest BCUT2D eigenvalue weighted by Gasteiger charge is 2.14. The quantitative estimate of drug-likeness (QED) is 0.540. The summed E-state index contributed by atoms with van der Waals surface area (Å²) in [6, 6.07) is 0. The second kappa shape index (κ2) is 8.47. The van der Waals surface area contributed by atoms with E-state index in [-0.39, 0.29) is 25.3 Å². The Bertz CT molecular complexity index is 472. The summed E-state index contributed by atoms with van der Waals surface area (Å²) in [4.78, 5) is 19.5. The SMILES string of the molecule is CCOC(=O)CC(=S)Cc1nccnc1OCC(F)F. The smallest absolute Gasteiger partial charge is 0.310 e. The van der Waals surface area contributed by atoms with E-state index in [1.165, 1.54) is 12.4 Å². The maximum Gasteiger partial charge on any atom is 0.310 e. The minimum atomic E-state index is -2.60. The Kier molecular flexibility index (Phi) is 6.92. The molecule has 8 heteroatoms. The standard InChI is InChI=1S/C12H14F2N2O3S/c1-2-18-11(17)6-8(20)5-9-12(16-4-3-15-9)19-7-10(13)14/h3-4,10H,2,5-7H2,1H3. The second-order valence-electron chi connectivity index (χ2n) is 3.71. The summed E-state index contributed by atoms with van der Waals surface area (Å²) in [6.07, 6.45) is 0.238. The fourth-order valence-electron chi connectivity index (χ4n) is 1.36. The van der Waals surface area contributed by atoms with Crippen molar-refractivity contribution in [1.29, 1.82) is 0 Å². The Morgan fingerprint density at radius 3 is 2.75 bits per heavy atom. The number of halogens is 2. The van der Waals surface area contributed by atoms with Gasteiger partial charge in [-0.1, -0.05) is 12.2 Å². The molecule has 0 aliphatic heterocycles. The molecule has 0 saturated heterocycles. The molecule has 0 atom stereocenters. The second-order valence-corrected chi connectivity index (χ2v) is 4.28. The first-order valence-electron chi connectivity index (χ1n) is 5.91. The average Bonchev–Trinajstić information content (AvgIpc) is 2.37. The van der Waals surface area contributed by atoms with Gasteiger partial charge in [0.25, 0.3) is 6.43 Å². The maximum absolute atomic E-state index is 12.1. The summed E-state index contributed by atoms with van der Waals surface area (Å²) >= 11 is 5.05. The number of ether oxygens (including phenoxy) is 2. The van der Waals surface area contributed by atoms with E-state index in [2.05, 4.69) is 9.97 Å². The first-order valence-corrected chi connectivity index (χ1v) is 6.32. The summed E-state index contributed by atoms with van der Waals surface area (Å²) in [6.45, 7) is 1.20. The third-order valence-corrected chi connectivity index (χ3v) is 2.38.